The van der Waals surface area contributed by atoms with E-state index in [0.29, 0.717) is 35.9 Å². The predicted octanol–water partition coefficient (Wildman–Crippen LogP) is 4.01. The lowest BCUT2D eigenvalue weighted by Crippen LogP contribution is -2.26. The van der Waals surface area contributed by atoms with Gasteiger partial charge in [0.05, 0.1) is 18.8 Å². The first-order chi connectivity index (χ1) is 15.7. The number of H-pyrrole nitrogens is 1. The van der Waals surface area contributed by atoms with E-state index in [2.05, 4.69) is 20.5 Å². The molecule has 32 heavy (non-hydrogen) atoms. The van der Waals surface area contributed by atoms with E-state index in [1.807, 2.05) is 30.3 Å². The molecule has 0 spiro atoms. The molecule has 8 nitrogen and oxygen atoms in total. The van der Waals surface area contributed by atoms with Crippen molar-refractivity contribution in [3.8, 4) is 11.5 Å². The highest BCUT2D eigenvalue weighted by Gasteiger charge is 2.30. The number of nitrogens with one attached hydrogen (secondary N) is 2. The molecule has 8 heteroatoms. The number of ether oxygens (including phenoxy) is 1. The highest BCUT2D eigenvalue weighted by molar-refractivity contribution is 6.04. The van der Waals surface area contributed by atoms with E-state index in [1.165, 1.54) is 0 Å². The second kappa shape index (κ2) is 8.35. The first kappa shape index (κ1) is 19.5. The lowest BCUT2D eigenvalue weighted by Gasteiger charge is -2.15. The Morgan fingerprint density at radius 3 is 2.41 bits per heavy atom. The molecule has 3 heterocycles. The van der Waals surface area contributed by atoms with E-state index in [9.17, 15) is 9.59 Å². The molecule has 2 aromatic carbocycles. The smallest absolute Gasteiger partial charge is 0.273 e. The zero-order valence-corrected chi connectivity index (χ0v) is 17.0. The van der Waals surface area contributed by atoms with Crippen molar-refractivity contribution in [2.75, 3.05) is 5.32 Å². The van der Waals surface area contributed by atoms with Gasteiger partial charge in [-0.15, -0.1) is 0 Å². The molecule has 1 aliphatic heterocycles. The fourth-order valence-electron chi connectivity index (χ4n) is 3.52. The summed E-state index contributed by atoms with van der Waals surface area (Å²) in [5.41, 5.74) is 2.46. The number of amides is 2. The second-order valence-electron chi connectivity index (χ2n) is 7.30. The third-order valence-electron chi connectivity index (χ3n) is 5.15. The van der Waals surface area contributed by atoms with Gasteiger partial charge in [0.1, 0.15) is 17.2 Å². The summed E-state index contributed by atoms with van der Waals surface area (Å²) in [6.45, 7) is 0.736. The van der Waals surface area contributed by atoms with Crippen molar-refractivity contribution in [1.82, 2.24) is 20.1 Å². The summed E-state index contributed by atoms with van der Waals surface area (Å²) in [6, 6.07) is 21.5. The van der Waals surface area contributed by atoms with Crippen LogP contribution in [0.4, 0.5) is 5.82 Å². The van der Waals surface area contributed by atoms with Crippen LogP contribution in [0.1, 0.15) is 32.1 Å². The van der Waals surface area contributed by atoms with Crippen LogP contribution < -0.4 is 10.1 Å². The zero-order chi connectivity index (χ0) is 21.9. The number of hydrogen-bond acceptors (Lipinski definition) is 5. The molecule has 158 valence electrons. The van der Waals surface area contributed by atoms with Crippen molar-refractivity contribution in [1.29, 1.82) is 0 Å². The third-order valence-corrected chi connectivity index (χ3v) is 5.15. The number of carbonyl (C=O) groups excluding carboxylic acids is 2. The lowest BCUT2D eigenvalue weighted by atomic mass is 10.2. The molecule has 0 saturated heterocycles. The van der Waals surface area contributed by atoms with Crippen molar-refractivity contribution in [3.63, 3.8) is 0 Å². The number of aromatic amines is 1. The topological polar surface area (TPSA) is 100 Å². The SMILES string of the molecule is O=C(Nc1n[nH]c2c1CN(C(=O)c1ccccn1)C2)c1ccc(Oc2ccccc2)cc1. The van der Waals surface area contributed by atoms with E-state index >= 15 is 0 Å². The average Bonchev–Trinajstić information content (AvgIpc) is 3.42. The number of aromatic nitrogens is 3. The Morgan fingerprint density at radius 2 is 1.66 bits per heavy atom. The number of fused-ring (bicyclic) bond motifs is 1. The largest absolute Gasteiger partial charge is 0.457 e. The highest BCUT2D eigenvalue weighted by atomic mass is 16.5. The minimum Gasteiger partial charge on any atom is -0.457 e. The van der Waals surface area contributed by atoms with Crippen LogP contribution in [0.2, 0.25) is 0 Å². The molecule has 0 saturated carbocycles. The third kappa shape index (κ3) is 3.93. The van der Waals surface area contributed by atoms with Crippen molar-refractivity contribution in [2.45, 2.75) is 13.1 Å². The Labute approximate surface area is 183 Å². The average molecular weight is 425 g/mol. The molecule has 2 aromatic heterocycles. The first-order valence-corrected chi connectivity index (χ1v) is 10.1. The minimum absolute atomic E-state index is 0.165. The Bertz CT molecular complexity index is 1250. The van der Waals surface area contributed by atoms with Crippen LogP contribution in [0.5, 0.6) is 11.5 Å². The van der Waals surface area contributed by atoms with Crippen LogP contribution in [0.25, 0.3) is 0 Å². The Balaban J connectivity index is 1.25. The number of hydrogen-bond donors (Lipinski definition) is 2. The van der Waals surface area contributed by atoms with Gasteiger partial charge in [-0.05, 0) is 48.5 Å². The summed E-state index contributed by atoms with van der Waals surface area (Å²) in [5.74, 6) is 1.33. The van der Waals surface area contributed by atoms with Crippen LogP contribution in [0, 0.1) is 0 Å². The van der Waals surface area contributed by atoms with E-state index in [0.717, 1.165) is 17.0 Å². The van der Waals surface area contributed by atoms with E-state index in [1.54, 1.807) is 53.6 Å². The van der Waals surface area contributed by atoms with Gasteiger partial charge in [0.2, 0.25) is 0 Å². The highest BCUT2D eigenvalue weighted by Crippen LogP contribution is 2.28. The molecule has 5 rings (SSSR count). The van der Waals surface area contributed by atoms with Gasteiger partial charge >= 0.3 is 0 Å². The van der Waals surface area contributed by atoms with Gasteiger partial charge in [0, 0.05) is 17.3 Å². The summed E-state index contributed by atoms with van der Waals surface area (Å²) < 4.78 is 5.76. The van der Waals surface area contributed by atoms with Crippen molar-refractivity contribution in [3.05, 3.63) is 102 Å². The minimum atomic E-state index is -0.292. The zero-order valence-electron chi connectivity index (χ0n) is 17.0. The van der Waals surface area contributed by atoms with E-state index < -0.39 is 0 Å². The van der Waals surface area contributed by atoms with Gasteiger partial charge in [-0.25, -0.2) is 0 Å². The number of nitrogens with zero attached hydrogens (tertiary/aromatic N) is 3. The molecule has 1 aliphatic rings. The Hall–Kier alpha value is -4.46. The van der Waals surface area contributed by atoms with Gasteiger partial charge in [-0.3, -0.25) is 19.7 Å². The van der Waals surface area contributed by atoms with Gasteiger partial charge in [0.25, 0.3) is 11.8 Å². The first-order valence-electron chi connectivity index (χ1n) is 10.1. The molecule has 2 N–H and O–H groups in total. The van der Waals surface area contributed by atoms with Crippen LogP contribution >= 0.6 is 0 Å². The maximum Gasteiger partial charge on any atom is 0.273 e. The number of pyridine rings is 1. The number of rotatable bonds is 5. The number of para-hydroxylation sites is 1. The summed E-state index contributed by atoms with van der Waals surface area (Å²) in [4.78, 5) is 31.2. The number of carbonyl (C=O) groups is 2. The molecule has 0 atom stereocenters. The molecule has 0 aliphatic carbocycles. The molecular weight excluding hydrogens is 406 g/mol. The van der Waals surface area contributed by atoms with Crippen LogP contribution in [-0.2, 0) is 13.1 Å². The predicted molar refractivity (Wildman–Crippen MR) is 117 cm³/mol. The van der Waals surface area contributed by atoms with Gasteiger partial charge < -0.3 is 15.0 Å². The normalized spacial score (nSPS) is 12.3. The Kier molecular flexibility index (Phi) is 5.09. The summed E-state index contributed by atoms with van der Waals surface area (Å²) >= 11 is 0. The Morgan fingerprint density at radius 1 is 0.906 bits per heavy atom. The number of anilines is 1. The van der Waals surface area contributed by atoms with Crippen LogP contribution in [0.3, 0.4) is 0 Å². The molecular formula is C24H19N5O3. The summed E-state index contributed by atoms with van der Waals surface area (Å²) in [5, 5.41) is 9.96. The van der Waals surface area contributed by atoms with Gasteiger partial charge in [-0.1, -0.05) is 24.3 Å². The number of benzene rings is 2. The molecule has 4 aromatic rings. The van der Waals surface area contributed by atoms with Crippen molar-refractivity contribution in [2.24, 2.45) is 0 Å². The maximum atomic E-state index is 12.7. The molecule has 0 radical (unpaired) electrons. The van der Waals surface area contributed by atoms with Crippen LogP contribution in [0.15, 0.2) is 79.0 Å². The van der Waals surface area contributed by atoms with Gasteiger partial charge in [-0.2, -0.15) is 5.10 Å². The molecule has 2 amide bonds. The van der Waals surface area contributed by atoms with E-state index in [-0.39, 0.29) is 11.8 Å². The molecule has 0 unspecified atom stereocenters. The summed E-state index contributed by atoms with van der Waals surface area (Å²) in [7, 11) is 0. The second-order valence-corrected chi connectivity index (χ2v) is 7.30. The monoisotopic (exact) mass is 425 g/mol. The van der Waals surface area contributed by atoms with Crippen molar-refractivity contribution >= 4 is 17.6 Å². The fourth-order valence-corrected chi connectivity index (χ4v) is 3.52. The standard InChI is InChI=1S/C24H19N5O3/c30-23(16-9-11-18(12-10-16)32-17-6-2-1-3-7-17)26-22-19-14-29(15-21(19)27-28-22)24(31)20-8-4-5-13-25-20/h1-13H,14-15H2,(H2,26,27,28,30). The van der Waals surface area contributed by atoms with Crippen molar-refractivity contribution < 1.29 is 14.3 Å². The maximum absolute atomic E-state index is 12.7. The lowest BCUT2D eigenvalue weighted by molar-refractivity contribution is 0.0744. The van der Waals surface area contributed by atoms with Crippen LogP contribution in [-0.4, -0.2) is 31.9 Å². The van der Waals surface area contributed by atoms with Gasteiger partial charge in [0.15, 0.2) is 5.82 Å². The molecule has 0 fully saturated rings. The van der Waals surface area contributed by atoms with E-state index in [4.69, 9.17) is 4.74 Å². The molecule has 0 bridgehead atoms. The quantitative estimate of drug-likeness (QED) is 0.503. The fraction of sp³-hybridized carbons (Fsp3) is 0.0833. The summed E-state index contributed by atoms with van der Waals surface area (Å²) in [6.07, 6.45) is 1.59.